The first-order valence-corrected chi connectivity index (χ1v) is 11.1. The van der Waals surface area contributed by atoms with Gasteiger partial charge in [-0.1, -0.05) is 13.2 Å². The molecule has 0 amide bonds. The summed E-state index contributed by atoms with van der Waals surface area (Å²) in [5.41, 5.74) is 0. The van der Waals surface area contributed by atoms with Crippen molar-refractivity contribution in [3.05, 3.63) is 25.3 Å². The van der Waals surface area contributed by atoms with E-state index in [1.807, 2.05) is 0 Å². The number of aliphatic carboxylic acids is 2. The summed E-state index contributed by atoms with van der Waals surface area (Å²) in [7, 11) is 0. The fraction of sp³-hybridized carbons (Fsp3) is 0.625. The van der Waals surface area contributed by atoms with Crippen LogP contribution in [-0.4, -0.2) is 33.1 Å². The Morgan fingerprint density at radius 3 is 1.29 bits per heavy atom. The van der Waals surface area contributed by atoms with Gasteiger partial charge >= 0.3 is 82.4 Å². The molecule has 0 saturated carbocycles. The first-order valence-electron chi connectivity index (χ1n) is 7.04. The second-order valence-corrected chi connectivity index (χ2v) is 9.44. The number of rotatable bonds is 8. The molecular weight excluding hydrogens is 375 g/mol. The predicted octanol–water partition coefficient (Wildman–Crippen LogP) is 1.46. The van der Waals surface area contributed by atoms with Crippen molar-refractivity contribution in [1.82, 2.24) is 0 Å². The molecule has 0 aliphatic heterocycles. The Bertz CT molecular complexity index is 258. The topological polar surface area (TPSA) is 80.3 Å². The third kappa shape index (κ3) is 45.3. The van der Waals surface area contributed by atoms with Gasteiger partial charge < -0.3 is 19.8 Å². The van der Waals surface area contributed by atoms with E-state index < -0.39 is 11.9 Å². The Morgan fingerprint density at radius 1 is 0.905 bits per heavy atom. The fourth-order valence-electron chi connectivity index (χ4n) is 0.906. The molecule has 0 saturated heterocycles. The normalized spacial score (nSPS) is 8.67. The van der Waals surface area contributed by atoms with Gasteiger partial charge in [0.05, 0.1) is 11.9 Å². The van der Waals surface area contributed by atoms with Crippen LogP contribution >= 0.6 is 0 Å². The van der Waals surface area contributed by atoms with E-state index in [2.05, 4.69) is 40.9 Å². The maximum atomic E-state index is 9.14. The molecule has 0 N–H and O–H groups in total. The van der Waals surface area contributed by atoms with Crippen LogP contribution in [0.15, 0.2) is 25.3 Å². The van der Waals surface area contributed by atoms with Gasteiger partial charge in [-0.05, 0) is 12.2 Å². The fourth-order valence-corrected chi connectivity index (χ4v) is 6.08. The Balaban J connectivity index is -0.000000270. The van der Waals surface area contributed by atoms with Crippen molar-refractivity contribution in [2.24, 2.45) is 11.8 Å². The van der Waals surface area contributed by atoms with Crippen LogP contribution in [0.3, 0.4) is 0 Å². The van der Waals surface area contributed by atoms with Crippen molar-refractivity contribution >= 4 is 33.1 Å². The molecular formula is C16H28O4Sn. The van der Waals surface area contributed by atoms with E-state index in [-0.39, 0.29) is 21.1 Å². The summed E-state index contributed by atoms with van der Waals surface area (Å²) in [4.78, 5) is 18.3. The van der Waals surface area contributed by atoms with E-state index in [1.54, 1.807) is 8.87 Å². The average Bonchev–Trinajstić information content (AvgIpc) is 2.38. The van der Waals surface area contributed by atoms with Crippen LogP contribution in [0.25, 0.3) is 0 Å². The summed E-state index contributed by atoms with van der Waals surface area (Å²) >= 11 is 0.0759. The van der Waals surface area contributed by atoms with Crippen LogP contribution in [-0.2, 0) is 9.59 Å². The first-order chi connectivity index (χ1) is 9.67. The van der Waals surface area contributed by atoms with Crippen LogP contribution in [0.4, 0.5) is 0 Å². The van der Waals surface area contributed by atoms with Gasteiger partial charge in [0.15, 0.2) is 0 Å². The van der Waals surface area contributed by atoms with E-state index in [0.29, 0.717) is 0 Å². The molecule has 0 aromatic rings. The minimum absolute atomic E-state index is 0.0759. The van der Waals surface area contributed by atoms with Crippen molar-refractivity contribution in [2.45, 2.75) is 49.4 Å². The molecule has 0 rings (SSSR count). The van der Waals surface area contributed by atoms with Crippen LogP contribution in [0.1, 0.15) is 40.5 Å². The van der Waals surface area contributed by atoms with E-state index in [4.69, 9.17) is 19.8 Å². The van der Waals surface area contributed by atoms with Gasteiger partial charge in [0, 0.05) is 0 Å². The van der Waals surface area contributed by atoms with Crippen LogP contribution in [0.5, 0.6) is 0 Å². The zero-order valence-electron chi connectivity index (χ0n) is 13.7. The molecule has 0 aliphatic carbocycles. The van der Waals surface area contributed by atoms with Crippen LogP contribution in [0, 0.1) is 11.8 Å². The molecule has 0 unspecified atom stereocenters. The monoisotopic (exact) mass is 404 g/mol. The molecule has 0 spiro atoms. The van der Waals surface area contributed by atoms with Crippen molar-refractivity contribution in [3.63, 3.8) is 0 Å². The number of carbonyl (C=O) groups excluding carboxylic acids is 2. The first kappa shape index (κ1) is 25.2. The zero-order chi connectivity index (χ0) is 17.3. The van der Waals surface area contributed by atoms with E-state index in [1.165, 1.54) is 12.8 Å². The van der Waals surface area contributed by atoms with Gasteiger partial charge in [-0.2, -0.15) is 0 Å². The number of carboxylic acid groups (broad SMARTS) is 2. The molecule has 0 aromatic carbocycles. The van der Waals surface area contributed by atoms with Crippen molar-refractivity contribution in [1.29, 1.82) is 0 Å². The second-order valence-electron chi connectivity index (χ2n) is 5.16. The molecule has 0 heterocycles. The van der Waals surface area contributed by atoms with Crippen molar-refractivity contribution in [3.8, 4) is 0 Å². The van der Waals surface area contributed by atoms with Gasteiger partial charge in [0.25, 0.3) is 0 Å². The van der Waals surface area contributed by atoms with Gasteiger partial charge in [-0.15, -0.1) is 0 Å². The molecule has 0 bridgehead atoms. The average molecular weight is 403 g/mol. The minimum atomic E-state index is -1.23. The maximum absolute atomic E-state index is 9.14. The van der Waals surface area contributed by atoms with Gasteiger partial charge in [-0.25, -0.2) is 0 Å². The molecule has 0 aromatic heterocycles. The summed E-state index contributed by atoms with van der Waals surface area (Å²) < 4.78 is 3.21. The third-order valence-electron chi connectivity index (χ3n) is 2.13. The second kappa shape index (κ2) is 19.2. The molecule has 5 heteroatoms. The molecule has 0 radical (unpaired) electrons. The Hall–Kier alpha value is -0.781. The molecule has 120 valence electrons. The Labute approximate surface area is 139 Å². The number of hydrogen-bond acceptors (Lipinski definition) is 4. The SMILES string of the molecule is C=CC(=O)[O-].C=CC(=O)[O-].CC(C)C[CH2][Sn+2][CH2]CC(C)C. The summed E-state index contributed by atoms with van der Waals surface area (Å²) in [6, 6.07) is 0. The van der Waals surface area contributed by atoms with Gasteiger partial charge in [0.1, 0.15) is 0 Å². The number of carbonyl (C=O) groups is 2. The van der Waals surface area contributed by atoms with Gasteiger partial charge in [0.2, 0.25) is 0 Å². The molecule has 4 nitrogen and oxygen atoms in total. The summed E-state index contributed by atoms with van der Waals surface area (Å²) in [6.45, 7) is 15.1. The Kier molecular flexibility index (Phi) is 23.1. The standard InChI is InChI=1S/2C5H11.2C3H4O2.Sn/c2*1-4-5(2)3;2*1-2-3(4)5;/h2*5H,1,4H2,2-3H3;2*2H,1H2,(H,4,5);/q;;;;+2/p-2. The quantitative estimate of drug-likeness (QED) is 0.349. The van der Waals surface area contributed by atoms with Crippen LogP contribution < -0.4 is 10.2 Å². The van der Waals surface area contributed by atoms with E-state index in [9.17, 15) is 0 Å². The number of hydrogen-bond donors (Lipinski definition) is 0. The Morgan fingerprint density at radius 2 is 1.14 bits per heavy atom. The number of carboxylic acids is 2. The van der Waals surface area contributed by atoms with E-state index >= 15 is 0 Å². The zero-order valence-corrected chi connectivity index (χ0v) is 16.5. The molecule has 0 atom stereocenters. The summed E-state index contributed by atoms with van der Waals surface area (Å²) in [6.07, 6.45) is 4.43. The molecule has 0 fully saturated rings. The predicted molar refractivity (Wildman–Crippen MR) is 84.7 cm³/mol. The molecule has 0 aliphatic rings. The van der Waals surface area contributed by atoms with Crippen molar-refractivity contribution < 1.29 is 19.8 Å². The summed E-state index contributed by atoms with van der Waals surface area (Å²) in [5, 5.41) is 18.3. The third-order valence-corrected chi connectivity index (χ3v) is 5.80. The molecule has 21 heavy (non-hydrogen) atoms. The van der Waals surface area contributed by atoms with Gasteiger partial charge in [-0.3, -0.25) is 0 Å². The van der Waals surface area contributed by atoms with Crippen molar-refractivity contribution in [2.75, 3.05) is 0 Å². The van der Waals surface area contributed by atoms with E-state index in [0.717, 1.165) is 24.0 Å². The summed E-state index contributed by atoms with van der Waals surface area (Å²) in [5.74, 6) is -0.583. The van der Waals surface area contributed by atoms with Crippen LogP contribution in [0.2, 0.25) is 8.87 Å².